The number of carbonyl (C=O) groups is 3. The molecule has 222 valence electrons. The highest BCUT2D eigenvalue weighted by molar-refractivity contribution is 6.34. The van der Waals surface area contributed by atoms with Gasteiger partial charge in [-0.2, -0.15) is 0 Å². The van der Waals surface area contributed by atoms with Crippen LogP contribution in [0.4, 0.5) is 26.4 Å². The van der Waals surface area contributed by atoms with Gasteiger partial charge < -0.3 is 20.7 Å². The number of rotatable bonds is 13. The average molecular weight is 597 g/mol. The summed E-state index contributed by atoms with van der Waals surface area (Å²) in [6, 6.07) is 12.8. The minimum atomic E-state index is -1.33. The molecule has 4 rings (SSSR count). The van der Waals surface area contributed by atoms with Crippen LogP contribution in [0.15, 0.2) is 60.8 Å². The lowest BCUT2D eigenvalue weighted by Gasteiger charge is -2.27. The van der Waals surface area contributed by atoms with Crippen molar-refractivity contribution in [2.24, 2.45) is 11.1 Å². The van der Waals surface area contributed by atoms with E-state index in [9.17, 15) is 18.8 Å². The Bertz CT molecular complexity index is 1430. The molecule has 10 nitrogen and oxygen atoms in total. The number of nitrogens with zero attached hydrogens (tertiary/aromatic N) is 3. The molecule has 0 bridgehead atoms. The standard InChI is InChI=1S/C30H34ClFN6O4/c1-3-37(4-2)17-5-15-35-29(41)36-26-19-23(12-16-34-26)42-22-10-11-25(24(31)18-22)38(21-8-6-20(32)7-9-21)28(40)30(13-14-30)27(33)39/h6-12,16,18-19H,3-5,13-15,17H2,1-2H3,(H2,33,39)(H2,34,35,36,41). The lowest BCUT2D eigenvalue weighted by atomic mass is 10.0. The van der Waals surface area contributed by atoms with Crippen molar-refractivity contribution in [3.63, 3.8) is 0 Å². The zero-order chi connectivity index (χ0) is 30.3. The molecule has 0 aliphatic heterocycles. The smallest absolute Gasteiger partial charge is 0.320 e. The fourth-order valence-electron chi connectivity index (χ4n) is 4.48. The molecule has 4 N–H and O–H groups in total. The van der Waals surface area contributed by atoms with Crippen LogP contribution in [0.2, 0.25) is 5.02 Å². The van der Waals surface area contributed by atoms with E-state index in [1.54, 1.807) is 24.3 Å². The van der Waals surface area contributed by atoms with Crippen molar-refractivity contribution >= 4 is 46.6 Å². The van der Waals surface area contributed by atoms with Gasteiger partial charge in [-0.15, -0.1) is 0 Å². The Balaban J connectivity index is 1.45. The molecule has 0 radical (unpaired) electrons. The summed E-state index contributed by atoms with van der Waals surface area (Å²) in [4.78, 5) is 45.7. The van der Waals surface area contributed by atoms with Crippen LogP contribution in [0.5, 0.6) is 11.5 Å². The summed E-state index contributed by atoms with van der Waals surface area (Å²) >= 11 is 6.62. The Morgan fingerprint density at radius 1 is 1.05 bits per heavy atom. The number of halogens is 2. The molecular formula is C30H34ClFN6O4. The number of carbonyl (C=O) groups excluding carboxylic acids is 3. The Morgan fingerprint density at radius 2 is 1.74 bits per heavy atom. The Kier molecular flexibility index (Phi) is 9.97. The van der Waals surface area contributed by atoms with Crippen LogP contribution in [-0.2, 0) is 9.59 Å². The molecule has 3 aromatic rings. The fourth-order valence-corrected chi connectivity index (χ4v) is 4.73. The summed E-state index contributed by atoms with van der Waals surface area (Å²) in [5.74, 6) is -0.687. The van der Waals surface area contributed by atoms with Crippen molar-refractivity contribution in [3.05, 3.63) is 71.6 Å². The van der Waals surface area contributed by atoms with Crippen molar-refractivity contribution in [1.82, 2.24) is 15.2 Å². The molecular weight excluding hydrogens is 563 g/mol. The minimum absolute atomic E-state index is 0.155. The number of amides is 4. The van der Waals surface area contributed by atoms with Crippen LogP contribution < -0.4 is 26.0 Å². The van der Waals surface area contributed by atoms with Gasteiger partial charge in [-0.05, 0) is 81.4 Å². The van der Waals surface area contributed by atoms with Gasteiger partial charge >= 0.3 is 6.03 Å². The van der Waals surface area contributed by atoms with Gasteiger partial charge in [0.2, 0.25) is 11.8 Å². The summed E-state index contributed by atoms with van der Waals surface area (Å²) in [7, 11) is 0. The van der Waals surface area contributed by atoms with Gasteiger partial charge in [-0.1, -0.05) is 25.4 Å². The van der Waals surface area contributed by atoms with Crippen molar-refractivity contribution in [3.8, 4) is 11.5 Å². The highest BCUT2D eigenvalue weighted by atomic mass is 35.5. The molecule has 0 saturated heterocycles. The number of hydrogen-bond acceptors (Lipinski definition) is 6. The van der Waals surface area contributed by atoms with E-state index in [0.29, 0.717) is 42.4 Å². The van der Waals surface area contributed by atoms with Crippen LogP contribution in [0.3, 0.4) is 0 Å². The summed E-state index contributed by atoms with van der Waals surface area (Å²) < 4.78 is 19.6. The second-order valence-electron chi connectivity index (χ2n) is 9.92. The Hall–Kier alpha value is -4.22. The molecule has 4 amide bonds. The van der Waals surface area contributed by atoms with Crippen molar-refractivity contribution in [2.75, 3.05) is 36.4 Å². The predicted molar refractivity (Wildman–Crippen MR) is 160 cm³/mol. The maximum absolute atomic E-state index is 13.6. The number of nitrogens with two attached hydrogens (primary N) is 1. The zero-order valence-corrected chi connectivity index (χ0v) is 24.3. The van der Waals surface area contributed by atoms with Gasteiger partial charge in [0.15, 0.2) is 0 Å². The van der Waals surface area contributed by atoms with Gasteiger partial charge in [0.1, 0.15) is 28.5 Å². The molecule has 1 aromatic heterocycles. The molecule has 0 spiro atoms. The van der Waals surface area contributed by atoms with Gasteiger partial charge in [-0.3, -0.25) is 19.8 Å². The summed E-state index contributed by atoms with van der Waals surface area (Å²) in [5.41, 5.74) is 4.84. The van der Waals surface area contributed by atoms with Crippen molar-refractivity contribution in [1.29, 1.82) is 0 Å². The fraction of sp³-hybridized carbons (Fsp3) is 0.333. The van der Waals surface area contributed by atoms with E-state index in [1.807, 2.05) is 0 Å². The number of nitrogens with one attached hydrogen (secondary N) is 2. The normalized spacial score (nSPS) is 13.4. The first-order chi connectivity index (χ1) is 20.2. The van der Waals surface area contributed by atoms with E-state index in [4.69, 9.17) is 22.1 Å². The first-order valence-electron chi connectivity index (χ1n) is 13.8. The Labute approximate surface area is 249 Å². The minimum Gasteiger partial charge on any atom is -0.457 e. The number of pyridine rings is 1. The van der Waals surface area contributed by atoms with Crippen LogP contribution in [0.25, 0.3) is 0 Å². The van der Waals surface area contributed by atoms with Gasteiger partial charge in [0.25, 0.3) is 0 Å². The van der Waals surface area contributed by atoms with E-state index in [-0.39, 0.29) is 16.7 Å². The van der Waals surface area contributed by atoms with E-state index >= 15 is 0 Å². The third-order valence-corrected chi connectivity index (χ3v) is 7.42. The monoisotopic (exact) mass is 596 g/mol. The SMILES string of the molecule is CCN(CC)CCCNC(=O)Nc1cc(Oc2ccc(N(C(=O)C3(C(N)=O)CC3)c3ccc(F)cc3)c(Cl)c2)ccn1. The maximum atomic E-state index is 13.6. The van der Waals surface area contributed by atoms with E-state index < -0.39 is 23.0 Å². The largest absolute Gasteiger partial charge is 0.457 e. The number of urea groups is 1. The second-order valence-corrected chi connectivity index (χ2v) is 10.3. The number of ether oxygens (including phenoxy) is 1. The molecule has 12 heteroatoms. The molecule has 1 aliphatic carbocycles. The third-order valence-electron chi connectivity index (χ3n) is 7.12. The van der Waals surface area contributed by atoms with Crippen LogP contribution >= 0.6 is 11.6 Å². The van der Waals surface area contributed by atoms with E-state index in [1.165, 1.54) is 41.4 Å². The summed E-state index contributed by atoms with van der Waals surface area (Å²) in [6.45, 7) is 7.57. The van der Waals surface area contributed by atoms with Crippen molar-refractivity contribution in [2.45, 2.75) is 33.1 Å². The van der Waals surface area contributed by atoms with Crippen molar-refractivity contribution < 1.29 is 23.5 Å². The number of benzene rings is 2. The molecule has 2 aromatic carbocycles. The third kappa shape index (κ3) is 7.34. The molecule has 1 aliphatic rings. The lowest BCUT2D eigenvalue weighted by molar-refractivity contribution is -0.133. The van der Waals surface area contributed by atoms with Gasteiger partial charge in [-0.25, -0.2) is 14.2 Å². The van der Waals surface area contributed by atoms with E-state index in [2.05, 4.69) is 34.4 Å². The van der Waals surface area contributed by atoms with Crippen LogP contribution in [0, 0.1) is 11.2 Å². The molecule has 0 atom stereocenters. The van der Waals surface area contributed by atoms with Gasteiger partial charge in [0.05, 0.1) is 10.7 Å². The topological polar surface area (TPSA) is 130 Å². The first kappa shape index (κ1) is 30.7. The highest BCUT2D eigenvalue weighted by Gasteiger charge is 2.57. The molecule has 1 heterocycles. The summed E-state index contributed by atoms with van der Waals surface area (Å²) in [6.07, 6.45) is 2.97. The van der Waals surface area contributed by atoms with E-state index in [0.717, 1.165) is 26.1 Å². The maximum Gasteiger partial charge on any atom is 0.320 e. The van der Waals surface area contributed by atoms with Crippen LogP contribution in [0.1, 0.15) is 33.1 Å². The predicted octanol–water partition coefficient (Wildman–Crippen LogP) is 5.45. The summed E-state index contributed by atoms with van der Waals surface area (Å²) in [5, 5.41) is 5.67. The molecule has 1 saturated carbocycles. The van der Waals surface area contributed by atoms with Gasteiger partial charge in [0, 0.05) is 30.6 Å². The first-order valence-corrected chi connectivity index (χ1v) is 14.2. The molecule has 1 fully saturated rings. The number of hydrogen-bond donors (Lipinski definition) is 3. The lowest BCUT2D eigenvalue weighted by Crippen LogP contribution is -2.41. The number of anilines is 3. The zero-order valence-electron chi connectivity index (χ0n) is 23.5. The van der Waals surface area contributed by atoms with Crippen LogP contribution in [-0.4, -0.2) is 53.9 Å². The quantitative estimate of drug-likeness (QED) is 0.178. The Morgan fingerprint density at radius 3 is 2.36 bits per heavy atom. The number of primary amides is 1. The number of aromatic nitrogens is 1. The highest BCUT2D eigenvalue weighted by Crippen LogP contribution is 2.50. The molecule has 0 unspecified atom stereocenters. The second kappa shape index (κ2) is 13.6. The molecule has 42 heavy (non-hydrogen) atoms. The average Bonchev–Trinajstić information content (AvgIpc) is 3.78.